The summed E-state index contributed by atoms with van der Waals surface area (Å²) in [5.41, 5.74) is 2.52. The Kier molecular flexibility index (Phi) is 4.63. The number of likely N-dealkylation sites (tertiary alicyclic amines) is 1. The highest BCUT2D eigenvalue weighted by Gasteiger charge is 2.52. The van der Waals surface area contributed by atoms with E-state index < -0.39 is 5.54 Å². The maximum Gasteiger partial charge on any atom is 0.252 e. The van der Waals surface area contributed by atoms with Crippen LogP contribution in [-0.4, -0.2) is 41.4 Å². The van der Waals surface area contributed by atoms with E-state index in [0.717, 1.165) is 43.4 Å². The van der Waals surface area contributed by atoms with Crippen LogP contribution in [0.4, 0.5) is 0 Å². The number of rotatable bonds is 4. The van der Waals surface area contributed by atoms with Crippen LogP contribution in [0.15, 0.2) is 54.6 Å². The lowest BCUT2D eigenvalue weighted by Crippen LogP contribution is -2.57. The number of amides is 2. The van der Waals surface area contributed by atoms with E-state index in [1.165, 1.54) is 5.56 Å². The molecule has 2 aromatic carbocycles. The number of hydrogen-bond acceptors (Lipinski definition) is 3. The van der Waals surface area contributed by atoms with Gasteiger partial charge in [0.05, 0.1) is 11.5 Å². The number of hydrogen-bond donors (Lipinski definition) is 2. The molecule has 2 aliphatic heterocycles. The Labute approximate surface area is 171 Å². The number of carbonyl (C=O) groups excluding carboxylic acids is 2. The molecule has 2 amide bonds. The summed E-state index contributed by atoms with van der Waals surface area (Å²) < 4.78 is 0. The van der Waals surface area contributed by atoms with Gasteiger partial charge in [0.1, 0.15) is 0 Å². The average molecular weight is 389 g/mol. The molecule has 5 nitrogen and oxygen atoms in total. The number of nitrogens with one attached hydrogen (secondary N) is 2. The van der Waals surface area contributed by atoms with Gasteiger partial charge in [-0.2, -0.15) is 0 Å². The molecule has 29 heavy (non-hydrogen) atoms. The maximum absolute atomic E-state index is 13.2. The number of carbonyl (C=O) groups is 2. The van der Waals surface area contributed by atoms with Crippen LogP contribution >= 0.6 is 0 Å². The monoisotopic (exact) mass is 389 g/mol. The molecule has 150 valence electrons. The fourth-order valence-corrected chi connectivity index (χ4v) is 4.89. The third-order valence-electron chi connectivity index (χ3n) is 6.57. The van der Waals surface area contributed by atoms with Crippen LogP contribution in [0.1, 0.15) is 40.7 Å². The summed E-state index contributed by atoms with van der Waals surface area (Å²) >= 11 is 0. The molecule has 1 saturated heterocycles. The van der Waals surface area contributed by atoms with Crippen LogP contribution < -0.4 is 10.6 Å². The zero-order valence-electron chi connectivity index (χ0n) is 16.6. The van der Waals surface area contributed by atoms with Crippen molar-refractivity contribution in [3.63, 3.8) is 0 Å². The average Bonchev–Trinajstić information content (AvgIpc) is 3.49. The summed E-state index contributed by atoms with van der Waals surface area (Å²) in [6.45, 7) is 2.16. The summed E-state index contributed by atoms with van der Waals surface area (Å²) in [6, 6.07) is 18.5. The molecule has 2 heterocycles. The molecule has 2 N–H and O–H groups in total. The largest absolute Gasteiger partial charge is 0.353 e. The highest BCUT2D eigenvalue weighted by molar-refractivity contribution is 5.97. The van der Waals surface area contributed by atoms with Crippen molar-refractivity contribution in [2.75, 3.05) is 13.1 Å². The van der Waals surface area contributed by atoms with Gasteiger partial charge in [-0.05, 0) is 42.9 Å². The molecule has 5 heteroatoms. The third kappa shape index (κ3) is 3.67. The van der Waals surface area contributed by atoms with Gasteiger partial charge in [0.15, 0.2) is 0 Å². The number of aryl methyl sites for hydroxylation is 1. The van der Waals surface area contributed by atoms with Crippen LogP contribution in [0.5, 0.6) is 0 Å². The van der Waals surface area contributed by atoms with E-state index in [9.17, 15) is 9.59 Å². The summed E-state index contributed by atoms with van der Waals surface area (Å²) in [5, 5.41) is 6.50. The van der Waals surface area contributed by atoms with E-state index in [2.05, 4.69) is 27.7 Å². The molecular formula is C24H27N3O2. The zero-order valence-corrected chi connectivity index (χ0v) is 16.6. The third-order valence-corrected chi connectivity index (χ3v) is 6.57. The molecule has 1 aliphatic carbocycles. The lowest BCUT2D eigenvalue weighted by atomic mass is 9.82. The van der Waals surface area contributed by atoms with Crippen molar-refractivity contribution in [2.24, 2.45) is 5.92 Å². The Morgan fingerprint density at radius 1 is 1.10 bits per heavy atom. The van der Waals surface area contributed by atoms with Gasteiger partial charge >= 0.3 is 0 Å². The van der Waals surface area contributed by atoms with E-state index in [-0.39, 0.29) is 17.7 Å². The van der Waals surface area contributed by atoms with Crippen LogP contribution in [0.3, 0.4) is 0 Å². The fourth-order valence-electron chi connectivity index (χ4n) is 4.89. The first kappa shape index (κ1) is 18.4. The normalized spacial score (nSPS) is 26.6. The van der Waals surface area contributed by atoms with Gasteiger partial charge in [-0.15, -0.1) is 0 Å². The second-order valence-corrected chi connectivity index (χ2v) is 8.76. The van der Waals surface area contributed by atoms with Crippen molar-refractivity contribution in [3.8, 4) is 0 Å². The Morgan fingerprint density at radius 3 is 2.66 bits per heavy atom. The van der Waals surface area contributed by atoms with Crippen molar-refractivity contribution < 1.29 is 9.59 Å². The highest BCUT2D eigenvalue weighted by Crippen LogP contribution is 2.36. The first-order chi connectivity index (χ1) is 14.1. The number of nitrogens with zero attached hydrogens (tertiary/aromatic N) is 1. The smallest absolute Gasteiger partial charge is 0.252 e. The van der Waals surface area contributed by atoms with Crippen molar-refractivity contribution >= 4 is 11.8 Å². The number of fused-ring (bicyclic) bond motifs is 1. The van der Waals surface area contributed by atoms with Crippen LogP contribution in [0, 0.1) is 5.92 Å². The first-order valence-corrected chi connectivity index (χ1v) is 10.6. The Balaban J connectivity index is 1.43. The van der Waals surface area contributed by atoms with Crippen molar-refractivity contribution in [2.45, 2.75) is 43.8 Å². The quantitative estimate of drug-likeness (QED) is 0.845. The highest BCUT2D eigenvalue weighted by atomic mass is 16.2. The lowest BCUT2D eigenvalue weighted by Gasteiger charge is -2.34. The van der Waals surface area contributed by atoms with Crippen LogP contribution in [0.25, 0.3) is 0 Å². The standard InChI is InChI=1S/C24H27N3O2/c28-22-20-9-5-4-8-18(20)12-13-24(26-22)16-27(14-17-6-2-1-3-7-17)15-21(24)23(29)25-19-10-11-19/h1-9,19,21H,10-16H2,(H,25,29)(H,26,28)/t21-,24+/m0/s1. The molecule has 1 saturated carbocycles. The Hall–Kier alpha value is -2.66. The second-order valence-electron chi connectivity index (χ2n) is 8.76. The Bertz CT molecular complexity index is 925. The molecule has 0 aromatic heterocycles. The van der Waals surface area contributed by atoms with Gasteiger partial charge in [-0.25, -0.2) is 0 Å². The maximum atomic E-state index is 13.2. The van der Waals surface area contributed by atoms with Crippen molar-refractivity contribution in [1.29, 1.82) is 0 Å². The Morgan fingerprint density at radius 2 is 1.86 bits per heavy atom. The zero-order chi connectivity index (χ0) is 19.8. The summed E-state index contributed by atoms with van der Waals surface area (Å²) in [6.07, 6.45) is 3.72. The van der Waals surface area contributed by atoms with E-state index in [1.807, 2.05) is 42.5 Å². The minimum atomic E-state index is -0.524. The van der Waals surface area contributed by atoms with Crippen LogP contribution in [0.2, 0.25) is 0 Å². The molecule has 5 rings (SSSR count). The summed E-state index contributed by atoms with van der Waals surface area (Å²) in [7, 11) is 0. The predicted molar refractivity (Wildman–Crippen MR) is 111 cm³/mol. The van der Waals surface area contributed by atoms with Gasteiger partial charge in [0.25, 0.3) is 5.91 Å². The lowest BCUT2D eigenvalue weighted by molar-refractivity contribution is -0.126. The summed E-state index contributed by atoms with van der Waals surface area (Å²) in [4.78, 5) is 28.6. The van der Waals surface area contributed by atoms with E-state index in [1.54, 1.807) is 0 Å². The van der Waals surface area contributed by atoms with E-state index >= 15 is 0 Å². The van der Waals surface area contributed by atoms with Gasteiger partial charge in [0.2, 0.25) is 5.91 Å². The summed E-state index contributed by atoms with van der Waals surface area (Å²) in [5.74, 6) is -0.191. The predicted octanol–water partition coefficient (Wildman–Crippen LogP) is 2.51. The molecule has 1 spiro atoms. The molecule has 2 atom stereocenters. The first-order valence-electron chi connectivity index (χ1n) is 10.6. The molecule has 3 aliphatic rings. The molecule has 0 radical (unpaired) electrons. The SMILES string of the molecule is O=C1N[C@]2(CCc3ccccc31)CN(Cc1ccccc1)C[C@H]2C(=O)NC1CC1. The molecule has 0 unspecified atom stereocenters. The van der Waals surface area contributed by atoms with Gasteiger partial charge < -0.3 is 10.6 Å². The molecular weight excluding hydrogens is 362 g/mol. The van der Waals surface area contributed by atoms with Crippen molar-refractivity contribution in [3.05, 3.63) is 71.3 Å². The second kappa shape index (κ2) is 7.30. The molecule has 2 aromatic rings. The van der Waals surface area contributed by atoms with Crippen molar-refractivity contribution in [1.82, 2.24) is 15.5 Å². The molecule has 0 bridgehead atoms. The van der Waals surface area contributed by atoms with Crippen LogP contribution in [-0.2, 0) is 17.8 Å². The number of benzene rings is 2. The van der Waals surface area contributed by atoms with Gasteiger partial charge in [0, 0.05) is 31.2 Å². The molecule has 2 fully saturated rings. The van der Waals surface area contributed by atoms with E-state index in [0.29, 0.717) is 19.1 Å². The topological polar surface area (TPSA) is 61.4 Å². The fraction of sp³-hybridized carbons (Fsp3) is 0.417. The van der Waals surface area contributed by atoms with E-state index in [4.69, 9.17) is 0 Å². The van der Waals surface area contributed by atoms with Gasteiger partial charge in [-0.1, -0.05) is 48.5 Å². The minimum Gasteiger partial charge on any atom is -0.353 e. The van der Waals surface area contributed by atoms with Gasteiger partial charge in [-0.3, -0.25) is 14.5 Å². The minimum absolute atomic E-state index is 0.0520.